The summed E-state index contributed by atoms with van der Waals surface area (Å²) < 4.78 is 1.90. The minimum atomic E-state index is 0.671. The molecule has 0 unspecified atom stereocenters. The van der Waals surface area contributed by atoms with Gasteiger partial charge in [-0.25, -0.2) is 4.98 Å². The molecule has 1 aliphatic carbocycles. The van der Waals surface area contributed by atoms with Crippen molar-refractivity contribution in [1.82, 2.24) is 29.4 Å². The molecule has 146 valence electrons. The van der Waals surface area contributed by atoms with Gasteiger partial charge in [-0.3, -0.25) is 9.80 Å². The number of hydrogen-bond acceptors (Lipinski definition) is 6. The zero-order valence-electron chi connectivity index (χ0n) is 16.6. The Kier molecular flexibility index (Phi) is 4.52. The van der Waals surface area contributed by atoms with Crippen LogP contribution in [-0.2, 0) is 0 Å². The molecule has 0 aromatic carbocycles. The molecule has 27 heavy (non-hydrogen) atoms. The lowest BCUT2D eigenvalue weighted by molar-refractivity contribution is 0.0486. The second-order valence-corrected chi connectivity index (χ2v) is 8.54. The van der Waals surface area contributed by atoms with E-state index in [0.717, 1.165) is 24.8 Å². The number of fused-ring (bicyclic) bond motifs is 1. The fourth-order valence-corrected chi connectivity index (χ4v) is 5.16. The Hall–Kier alpha value is -1.73. The van der Waals surface area contributed by atoms with E-state index in [0.29, 0.717) is 11.8 Å². The molecular formula is C20H31N7. The molecule has 0 bridgehead atoms. The standard InChI is InChI=1S/C20H31N7/c1-15-16(2)23-20-21-14-22-27(20)19(15)26-12-18(13-26)25-10-8-24(9-11-25)17-6-4-3-5-7-17/h14,17-18H,3-13H2,1-2H3. The summed E-state index contributed by atoms with van der Waals surface area (Å²) in [6, 6.07) is 1.53. The molecule has 0 spiro atoms. The van der Waals surface area contributed by atoms with Crippen molar-refractivity contribution in [2.45, 2.75) is 58.0 Å². The molecule has 1 saturated carbocycles. The van der Waals surface area contributed by atoms with Gasteiger partial charge in [0.1, 0.15) is 12.1 Å². The van der Waals surface area contributed by atoms with Gasteiger partial charge in [-0.1, -0.05) is 19.3 Å². The summed E-state index contributed by atoms with van der Waals surface area (Å²) in [7, 11) is 0. The van der Waals surface area contributed by atoms with Crippen molar-refractivity contribution in [2.75, 3.05) is 44.2 Å². The molecule has 3 fully saturated rings. The number of hydrogen-bond donors (Lipinski definition) is 0. The van der Waals surface area contributed by atoms with Gasteiger partial charge in [-0.2, -0.15) is 14.6 Å². The molecule has 0 atom stereocenters. The van der Waals surface area contributed by atoms with E-state index in [2.05, 4.69) is 43.6 Å². The van der Waals surface area contributed by atoms with E-state index >= 15 is 0 Å². The summed E-state index contributed by atoms with van der Waals surface area (Å²) in [5, 5.41) is 4.40. The molecule has 0 N–H and O–H groups in total. The molecular weight excluding hydrogens is 338 g/mol. The summed E-state index contributed by atoms with van der Waals surface area (Å²) in [6.07, 6.45) is 8.76. The number of anilines is 1. The molecule has 0 amide bonds. The average molecular weight is 370 g/mol. The summed E-state index contributed by atoms with van der Waals surface area (Å²) in [5.74, 6) is 1.88. The van der Waals surface area contributed by atoms with E-state index in [9.17, 15) is 0 Å². The third kappa shape index (κ3) is 3.10. The zero-order valence-corrected chi connectivity index (χ0v) is 16.6. The SMILES string of the molecule is Cc1nc2ncnn2c(N2CC(N3CCN(C4CCCCC4)CC3)C2)c1C. The van der Waals surface area contributed by atoms with Gasteiger partial charge in [0.2, 0.25) is 0 Å². The van der Waals surface area contributed by atoms with E-state index in [4.69, 9.17) is 0 Å². The first-order chi connectivity index (χ1) is 13.2. The smallest absolute Gasteiger partial charge is 0.254 e. The molecule has 2 aromatic heterocycles. The first-order valence-electron chi connectivity index (χ1n) is 10.6. The van der Waals surface area contributed by atoms with Gasteiger partial charge in [0.25, 0.3) is 5.78 Å². The van der Waals surface area contributed by atoms with Crippen LogP contribution in [0.3, 0.4) is 0 Å². The third-order valence-electron chi connectivity index (χ3n) is 6.99. The fraction of sp³-hybridized carbons (Fsp3) is 0.750. The molecule has 2 saturated heterocycles. The number of aryl methyl sites for hydroxylation is 1. The normalized spacial score (nSPS) is 23.9. The highest BCUT2D eigenvalue weighted by atomic mass is 15.4. The summed E-state index contributed by atoms with van der Waals surface area (Å²) >= 11 is 0. The van der Waals surface area contributed by atoms with Crippen LogP contribution in [0.2, 0.25) is 0 Å². The highest BCUT2D eigenvalue weighted by molar-refractivity contribution is 5.55. The van der Waals surface area contributed by atoms with E-state index < -0.39 is 0 Å². The van der Waals surface area contributed by atoms with Crippen LogP contribution in [0.15, 0.2) is 6.33 Å². The Morgan fingerprint density at radius 1 is 0.889 bits per heavy atom. The van der Waals surface area contributed by atoms with E-state index in [-0.39, 0.29) is 0 Å². The van der Waals surface area contributed by atoms with Gasteiger partial charge >= 0.3 is 0 Å². The minimum Gasteiger partial charge on any atom is -0.353 e. The van der Waals surface area contributed by atoms with Crippen molar-refractivity contribution < 1.29 is 0 Å². The topological polar surface area (TPSA) is 52.8 Å². The number of piperazine rings is 1. The Balaban J connectivity index is 1.21. The van der Waals surface area contributed by atoms with Gasteiger partial charge in [0.05, 0.1) is 0 Å². The maximum atomic E-state index is 4.54. The Morgan fingerprint density at radius 3 is 2.26 bits per heavy atom. The lowest BCUT2D eigenvalue weighted by Crippen LogP contribution is -2.64. The monoisotopic (exact) mass is 369 g/mol. The fourth-order valence-electron chi connectivity index (χ4n) is 5.16. The van der Waals surface area contributed by atoms with Crippen LogP contribution in [0.4, 0.5) is 5.82 Å². The number of rotatable bonds is 3. The van der Waals surface area contributed by atoms with Crippen LogP contribution in [0.1, 0.15) is 43.4 Å². The van der Waals surface area contributed by atoms with Crippen molar-refractivity contribution in [2.24, 2.45) is 0 Å². The van der Waals surface area contributed by atoms with Gasteiger partial charge in [-0.05, 0) is 26.7 Å². The lowest BCUT2D eigenvalue weighted by Gasteiger charge is -2.50. The summed E-state index contributed by atoms with van der Waals surface area (Å²) in [6.45, 7) is 11.3. The molecule has 7 heteroatoms. The first-order valence-corrected chi connectivity index (χ1v) is 10.6. The Labute approximate surface area is 161 Å². The number of nitrogens with zero attached hydrogens (tertiary/aromatic N) is 7. The second kappa shape index (κ2) is 7.02. The zero-order chi connectivity index (χ0) is 18.4. The average Bonchev–Trinajstić information content (AvgIpc) is 3.12. The maximum Gasteiger partial charge on any atom is 0.254 e. The van der Waals surface area contributed by atoms with E-state index in [1.807, 2.05) is 4.52 Å². The maximum absolute atomic E-state index is 4.54. The number of aromatic nitrogens is 4. The van der Waals surface area contributed by atoms with Crippen molar-refractivity contribution in [3.8, 4) is 0 Å². The van der Waals surface area contributed by atoms with Crippen LogP contribution >= 0.6 is 0 Å². The van der Waals surface area contributed by atoms with Crippen molar-refractivity contribution in [3.63, 3.8) is 0 Å². The largest absolute Gasteiger partial charge is 0.353 e. The predicted octanol–water partition coefficient (Wildman–Crippen LogP) is 1.88. The summed E-state index contributed by atoms with van der Waals surface area (Å²) in [5.41, 5.74) is 2.27. The molecule has 2 aliphatic heterocycles. The first kappa shape index (κ1) is 17.4. The Morgan fingerprint density at radius 2 is 1.56 bits per heavy atom. The quantitative estimate of drug-likeness (QED) is 0.823. The highest BCUT2D eigenvalue weighted by Crippen LogP contribution is 2.29. The van der Waals surface area contributed by atoms with Crippen LogP contribution in [0.25, 0.3) is 5.78 Å². The third-order valence-corrected chi connectivity index (χ3v) is 6.99. The van der Waals surface area contributed by atoms with Gasteiger partial charge in [0.15, 0.2) is 0 Å². The molecule has 5 rings (SSSR count). The molecule has 7 nitrogen and oxygen atoms in total. The van der Waals surface area contributed by atoms with E-state index in [1.165, 1.54) is 69.7 Å². The van der Waals surface area contributed by atoms with Crippen LogP contribution in [0, 0.1) is 13.8 Å². The van der Waals surface area contributed by atoms with Gasteiger partial charge in [0, 0.05) is 62.6 Å². The van der Waals surface area contributed by atoms with Crippen molar-refractivity contribution in [1.29, 1.82) is 0 Å². The van der Waals surface area contributed by atoms with Crippen LogP contribution in [-0.4, -0.2) is 80.7 Å². The van der Waals surface area contributed by atoms with Crippen LogP contribution in [0.5, 0.6) is 0 Å². The molecule has 0 radical (unpaired) electrons. The lowest BCUT2D eigenvalue weighted by atomic mass is 9.93. The molecule has 3 aliphatic rings. The second-order valence-electron chi connectivity index (χ2n) is 8.54. The Bertz CT molecular complexity index is 796. The van der Waals surface area contributed by atoms with Crippen LogP contribution < -0.4 is 4.90 Å². The summed E-state index contributed by atoms with van der Waals surface area (Å²) in [4.78, 5) is 16.7. The predicted molar refractivity (Wildman–Crippen MR) is 106 cm³/mol. The molecule has 2 aromatic rings. The molecule has 4 heterocycles. The highest BCUT2D eigenvalue weighted by Gasteiger charge is 2.36. The van der Waals surface area contributed by atoms with Crippen molar-refractivity contribution >= 4 is 11.6 Å². The van der Waals surface area contributed by atoms with Gasteiger partial charge < -0.3 is 4.90 Å². The van der Waals surface area contributed by atoms with E-state index in [1.54, 1.807) is 6.33 Å². The van der Waals surface area contributed by atoms with Gasteiger partial charge in [-0.15, -0.1) is 0 Å². The minimum absolute atomic E-state index is 0.671. The van der Waals surface area contributed by atoms with Crippen molar-refractivity contribution in [3.05, 3.63) is 17.6 Å².